The minimum atomic E-state index is -0.468. The molecule has 7 heteroatoms. The number of benzene rings is 2. The van der Waals surface area contributed by atoms with Crippen LogP contribution in [0, 0.1) is 18.6 Å². The molecular formula is C20H20F2N4S. The average Bonchev–Trinajstić information content (AvgIpc) is 3.06. The van der Waals surface area contributed by atoms with Gasteiger partial charge >= 0.3 is 0 Å². The first-order chi connectivity index (χ1) is 13.1. The first kappa shape index (κ1) is 19.0. The first-order valence-corrected chi connectivity index (χ1v) is 9.28. The molecule has 140 valence electrons. The molecule has 0 atom stereocenters. The van der Waals surface area contributed by atoms with Gasteiger partial charge < -0.3 is 10.6 Å². The molecule has 1 heterocycles. The molecule has 0 unspecified atom stereocenters. The number of hydrogen-bond acceptors (Lipinski definition) is 3. The normalized spacial score (nSPS) is 11.5. The summed E-state index contributed by atoms with van der Waals surface area (Å²) in [5, 5.41) is 7.15. The summed E-state index contributed by atoms with van der Waals surface area (Å²) in [5.41, 5.74) is 2.29. The molecule has 0 amide bonds. The summed E-state index contributed by atoms with van der Waals surface area (Å²) in [7, 11) is 1.63. The molecule has 2 N–H and O–H groups in total. The van der Waals surface area contributed by atoms with Crippen molar-refractivity contribution in [1.29, 1.82) is 0 Å². The highest BCUT2D eigenvalue weighted by Gasteiger charge is 2.10. The lowest BCUT2D eigenvalue weighted by Gasteiger charge is -2.12. The predicted molar refractivity (Wildman–Crippen MR) is 106 cm³/mol. The lowest BCUT2D eigenvalue weighted by Crippen LogP contribution is -2.36. The Morgan fingerprint density at radius 2 is 1.81 bits per heavy atom. The van der Waals surface area contributed by atoms with Crippen molar-refractivity contribution in [3.63, 3.8) is 0 Å². The van der Waals surface area contributed by atoms with Crippen LogP contribution in [-0.2, 0) is 13.1 Å². The van der Waals surface area contributed by atoms with Crippen molar-refractivity contribution in [2.45, 2.75) is 20.0 Å². The van der Waals surface area contributed by atoms with Gasteiger partial charge in [-0.25, -0.2) is 13.8 Å². The fraction of sp³-hybridized carbons (Fsp3) is 0.200. The second kappa shape index (κ2) is 8.73. The third-order valence-corrected chi connectivity index (χ3v) is 5.21. The summed E-state index contributed by atoms with van der Waals surface area (Å²) in [5.74, 6) is -0.414. The Balaban J connectivity index is 1.61. The lowest BCUT2D eigenvalue weighted by atomic mass is 10.2. The van der Waals surface area contributed by atoms with Gasteiger partial charge in [-0.15, -0.1) is 11.3 Å². The number of hydrogen-bond donors (Lipinski definition) is 2. The minimum absolute atomic E-state index is 0.139. The molecular weight excluding hydrogens is 366 g/mol. The molecule has 0 aliphatic heterocycles. The van der Waals surface area contributed by atoms with E-state index in [9.17, 15) is 8.78 Å². The Labute approximate surface area is 161 Å². The van der Waals surface area contributed by atoms with E-state index < -0.39 is 11.6 Å². The van der Waals surface area contributed by atoms with Gasteiger partial charge in [0.2, 0.25) is 0 Å². The summed E-state index contributed by atoms with van der Waals surface area (Å²) in [6, 6.07) is 13.4. The van der Waals surface area contributed by atoms with Crippen molar-refractivity contribution in [3.8, 4) is 10.6 Å². The van der Waals surface area contributed by atoms with E-state index in [0.29, 0.717) is 12.5 Å². The second-order valence-corrected chi connectivity index (χ2v) is 6.99. The zero-order chi connectivity index (χ0) is 19.2. The summed E-state index contributed by atoms with van der Waals surface area (Å²) in [6.45, 7) is 2.65. The average molecular weight is 386 g/mol. The van der Waals surface area contributed by atoms with E-state index in [1.54, 1.807) is 18.4 Å². The van der Waals surface area contributed by atoms with E-state index in [2.05, 4.69) is 20.6 Å². The maximum absolute atomic E-state index is 13.7. The number of rotatable bonds is 5. The maximum Gasteiger partial charge on any atom is 0.191 e. The Morgan fingerprint density at radius 3 is 2.56 bits per heavy atom. The zero-order valence-corrected chi connectivity index (χ0v) is 15.9. The smallest absolute Gasteiger partial charge is 0.191 e. The van der Waals surface area contributed by atoms with Crippen LogP contribution in [0.1, 0.15) is 16.1 Å². The summed E-state index contributed by atoms with van der Waals surface area (Å²) < 4.78 is 27.0. The number of nitrogens with zero attached hydrogens (tertiary/aromatic N) is 2. The minimum Gasteiger partial charge on any atom is -0.352 e. The van der Waals surface area contributed by atoms with Crippen LogP contribution in [0.15, 0.2) is 53.5 Å². The van der Waals surface area contributed by atoms with E-state index >= 15 is 0 Å². The summed E-state index contributed by atoms with van der Waals surface area (Å²) >= 11 is 1.62. The third-order valence-electron chi connectivity index (χ3n) is 4.01. The van der Waals surface area contributed by atoms with Gasteiger partial charge in [-0.3, -0.25) is 4.99 Å². The Hall–Kier alpha value is -2.80. The van der Waals surface area contributed by atoms with E-state index in [1.807, 2.05) is 37.3 Å². The van der Waals surface area contributed by atoms with E-state index in [4.69, 9.17) is 0 Å². The predicted octanol–water partition coefficient (Wildman–Crippen LogP) is 4.26. The standard InChI is InChI=1S/C20H20F2N4S/c1-13-18(27-19(26-13)14-6-4-3-5-7-14)12-25-20(23-2)24-11-15-10-16(21)8-9-17(15)22/h3-10H,11-12H2,1-2H3,(H2,23,24,25). The highest BCUT2D eigenvalue weighted by atomic mass is 32.1. The quantitative estimate of drug-likeness (QED) is 0.509. The Kier molecular flexibility index (Phi) is 6.13. The van der Waals surface area contributed by atoms with Crippen molar-refractivity contribution in [2.75, 3.05) is 7.05 Å². The van der Waals surface area contributed by atoms with Crippen LogP contribution < -0.4 is 10.6 Å². The molecule has 0 fully saturated rings. The molecule has 2 aromatic carbocycles. The monoisotopic (exact) mass is 386 g/mol. The number of aromatic nitrogens is 1. The van der Waals surface area contributed by atoms with Gasteiger partial charge in [0.05, 0.1) is 12.2 Å². The van der Waals surface area contributed by atoms with Crippen molar-refractivity contribution in [2.24, 2.45) is 4.99 Å². The molecule has 4 nitrogen and oxygen atoms in total. The molecule has 27 heavy (non-hydrogen) atoms. The molecule has 3 aromatic rings. The van der Waals surface area contributed by atoms with Gasteiger partial charge in [-0.2, -0.15) is 0 Å². The van der Waals surface area contributed by atoms with Gasteiger partial charge in [-0.1, -0.05) is 30.3 Å². The van der Waals surface area contributed by atoms with Crippen molar-refractivity contribution < 1.29 is 8.78 Å². The molecule has 0 bridgehead atoms. The van der Waals surface area contributed by atoms with Crippen molar-refractivity contribution in [1.82, 2.24) is 15.6 Å². The molecule has 0 aliphatic carbocycles. The van der Waals surface area contributed by atoms with Gasteiger partial charge in [0.1, 0.15) is 16.6 Å². The number of aliphatic imine (C=N–C) groups is 1. The van der Waals surface area contributed by atoms with Gasteiger partial charge in [0, 0.05) is 29.6 Å². The second-order valence-electron chi connectivity index (χ2n) is 5.91. The Bertz CT molecular complexity index is 938. The summed E-state index contributed by atoms with van der Waals surface area (Å²) in [6.07, 6.45) is 0. The van der Waals surface area contributed by atoms with Crippen LogP contribution in [0.5, 0.6) is 0 Å². The maximum atomic E-state index is 13.7. The van der Waals surface area contributed by atoms with Crippen molar-refractivity contribution >= 4 is 17.3 Å². The van der Waals surface area contributed by atoms with Crippen LogP contribution in [0.2, 0.25) is 0 Å². The molecule has 0 saturated carbocycles. The highest BCUT2D eigenvalue weighted by molar-refractivity contribution is 7.15. The number of halogens is 2. The van der Waals surface area contributed by atoms with Gasteiger partial charge in [0.25, 0.3) is 0 Å². The zero-order valence-electron chi connectivity index (χ0n) is 15.1. The topological polar surface area (TPSA) is 49.3 Å². The van der Waals surface area contributed by atoms with Crippen LogP contribution in [0.25, 0.3) is 10.6 Å². The molecule has 0 radical (unpaired) electrons. The number of nitrogens with one attached hydrogen (secondary N) is 2. The van der Waals surface area contributed by atoms with E-state index in [-0.39, 0.29) is 12.1 Å². The first-order valence-electron chi connectivity index (χ1n) is 8.47. The fourth-order valence-electron chi connectivity index (χ4n) is 2.54. The van der Waals surface area contributed by atoms with E-state index in [1.165, 1.54) is 6.07 Å². The van der Waals surface area contributed by atoms with Crippen LogP contribution in [0.4, 0.5) is 8.78 Å². The van der Waals surface area contributed by atoms with Crippen LogP contribution in [-0.4, -0.2) is 18.0 Å². The molecule has 0 saturated heterocycles. The van der Waals surface area contributed by atoms with E-state index in [0.717, 1.165) is 33.3 Å². The lowest BCUT2D eigenvalue weighted by molar-refractivity contribution is 0.581. The van der Waals surface area contributed by atoms with Gasteiger partial charge in [-0.05, 0) is 25.1 Å². The van der Waals surface area contributed by atoms with Crippen LogP contribution in [0.3, 0.4) is 0 Å². The molecule has 0 aliphatic rings. The van der Waals surface area contributed by atoms with Crippen LogP contribution >= 0.6 is 11.3 Å². The number of aryl methyl sites for hydroxylation is 1. The molecule has 1 aromatic heterocycles. The number of guanidine groups is 1. The molecule has 0 spiro atoms. The van der Waals surface area contributed by atoms with Crippen molar-refractivity contribution in [3.05, 3.63) is 76.3 Å². The SMILES string of the molecule is CN=C(NCc1cc(F)ccc1F)NCc1sc(-c2ccccc2)nc1C. The highest BCUT2D eigenvalue weighted by Crippen LogP contribution is 2.27. The third kappa shape index (κ3) is 4.89. The summed E-state index contributed by atoms with van der Waals surface area (Å²) in [4.78, 5) is 9.85. The van der Waals surface area contributed by atoms with Gasteiger partial charge in [0.15, 0.2) is 5.96 Å². The fourth-order valence-corrected chi connectivity index (χ4v) is 3.55. The molecule has 3 rings (SSSR count). The largest absolute Gasteiger partial charge is 0.352 e. The number of thiazole rings is 1. The Morgan fingerprint density at radius 1 is 1.07 bits per heavy atom.